The molecule has 1 fully saturated rings. The van der Waals surface area contributed by atoms with Crippen LogP contribution in [-0.4, -0.2) is 16.8 Å². The maximum Gasteiger partial charge on any atom is 0.270 e. The Morgan fingerprint density at radius 3 is 2.50 bits per heavy atom. The highest BCUT2D eigenvalue weighted by Gasteiger charge is 2.33. The van der Waals surface area contributed by atoms with Gasteiger partial charge in [0.25, 0.3) is 5.91 Å². The van der Waals surface area contributed by atoms with E-state index in [-0.39, 0.29) is 5.91 Å². The van der Waals surface area contributed by atoms with Gasteiger partial charge in [-0.25, -0.2) is 0 Å². The van der Waals surface area contributed by atoms with Crippen molar-refractivity contribution in [2.75, 3.05) is 11.5 Å². The lowest BCUT2D eigenvalue weighted by molar-refractivity contribution is -0.113. The minimum Gasteiger partial charge on any atom is -0.490 e. The fourth-order valence-electron chi connectivity index (χ4n) is 2.85. The van der Waals surface area contributed by atoms with E-state index in [9.17, 15) is 4.79 Å². The zero-order valence-electron chi connectivity index (χ0n) is 15.9. The summed E-state index contributed by atoms with van der Waals surface area (Å²) in [7, 11) is 0. The number of anilines is 1. The third-order valence-corrected chi connectivity index (χ3v) is 5.66. The van der Waals surface area contributed by atoms with Gasteiger partial charge in [-0.05, 0) is 54.3 Å². The Balaban J connectivity index is 1.73. The van der Waals surface area contributed by atoms with E-state index >= 15 is 0 Å². The Morgan fingerprint density at radius 1 is 1.14 bits per heavy atom. The number of thiocarbonyl (C=S) groups is 1. The first-order chi connectivity index (χ1) is 13.6. The fourth-order valence-corrected chi connectivity index (χ4v) is 4.15. The maximum atomic E-state index is 12.9. The molecule has 3 rings (SSSR count). The van der Waals surface area contributed by atoms with Gasteiger partial charge in [0.2, 0.25) is 0 Å². The van der Waals surface area contributed by atoms with Crippen molar-refractivity contribution in [3.63, 3.8) is 0 Å². The molecule has 1 amide bonds. The molecule has 1 heterocycles. The summed E-state index contributed by atoms with van der Waals surface area (Å²) < 4.78 is 6.05. The average molecular weight is 410 g/mol. The monoisotopic (exact) mass is 409 g/mol. The molecule has 2 aromatic rings. The van der Waals surface area contributed by atoms with E-state index in [0.29, 0.717) is 15.8 Å². The van der Waals surface area contributed by atoms with Gasteiger partial charge >= 0.3 is 0 Å². The quantitative estimate of drug-likeness (QED) is 0.304. The fraction of sp³-hybridized carbons (Fsp3) is 0.217. The molecule has 0 atom stereocenters. The van der Waals surface area contributed by atoms with Crippen molar-refractivity contribution in [2.24, 2.45) is 0 Å². The predicted molar refractivity (Wildman–Crippen MR) is 123 cm³/mol. The molecular formula is C23H23NO2S2. The topological polar surface area (TPSA) is 29.5 Å². The van der Waals surface area contributed by atoms with Crippen LogP contribution in [0.4, 0.5) is 5.69 Å². The number of rotatable bonds is 8. The molecule has 0 N–H and O–H groups in total. The molecular weight excluding hydrogens is 386 g/mol. The molecule has 1 aliphatic heterocycles. The third kappa shape index (κ3) is 4.91. The largest absolute Gasteiger partial charge is 0.490 e. The summed E-state index contributed by atoms with van der Waals surface area (Å²) in [5.74, 6) is 0.691. The number of hydrogen-bond acceptors (Lipinski definition) is 4. The number of amides is 1. The molecule has 1 saturated heterocycles. The van der Waals surface area contributed by atoms with Gasteiger partial charge in [0.1, 0.15) is 12.4 Å². The zero-order chi connectivity index (χ0) is 19.9. The summed E-state index contributed by atoms with van der Waals surface area (Å²) in [5.41, 5.74) is 3.03. The summed E-state index contributed by atoms with van der Waals surface area (Å²) >= 11 is 6.79. The average Bonchev–Trinajstić information content (AvgIpc) is 2.99. The molecule has 0 spiro atoms. The van der Waals surface area contributed by atoms with Crippen LogP contribution in [0.3, 0.4) is 0 Å². The van der Waals surface area contributed by atoms with Crippen LogP contribution in [0.1, 0.15) is 30.9 Å². The van der Waals surface area contributed by atoms with Crippen molar-refractivity contribution >= 4 is 46.0 Å². The zero-order valence-corrected chi connectivity index (χ0v) is 17.5. The molecule has 28 heavy (non-hydrogen) atoms. The summed E-state index contributed by atoms with van der Waals surface area (Å²) in [5, 5.41) is 0. The standard InChI is InChI=1S/C23H23NO2S2/c1-3-5-6-17-7-11-19(12-8-17)24-22(25)21(28-23(24)27)16-18-9-13-20(14-10-18)26-15-4-2/h4,7-14,16H,2-3,5-6,15H2,1H3/b21-16-. The summed E-state index contributed by atoms with van der Waals surface area (Å²) in [4.78, 5) is 15.1. The van der Waals surface area contributed by atoms with Gasteiger partial charge in [-0.15, -0.1) is 0 Å². The van der Waals surface area contributed by atoms with Gasteiger partial charge in [-0.2, -0.15) is 0 Å². The number of hydrogen-bond donors (Lipinski definition) is 0. The van der Waals surface area contributed by atoms with Crippen molar-refractivity contribution in [1.82, 2.24) is 0 Å². The van der Waals surface area contributed by atoms with Crippen molar-refractivity contribution in [1.29, 1.82) is 0 Å². The Bertz CT molecular complexity index is 886. The van der Waals surface area contributed by atoms with E-state index < -0.39 is 0 Å². The first-order valence-electron chi connectivity index (χ1n) is 9.33. The smallest absolute Gasteiger partial charge is 0.270 e. The van der Waals surface area contributed by atoms with Crippen LogP contribution < -0.4 is 9.64 Å². The highest BCUT2D eigenvalue weighted by molar-refractivity contribution is 8.27. The second-order valence-electron chi connectivity index (χ2n) is 6.46. The van der Waals surface area contributed by atoms with Gasteiger partial charge in [0, 0.05) is 0 Å². The lowest BCUT2D eigenvalue weighted by atomic mass is 10.1. The minimum absolute atomic E-state index is 0.0803. The van der Waals surface area contributed by atoms with Crippen LogP contribution in [0.5, 0.6) is 5.75 Å². The van der Waals surface area contributed by atoms with E-state index in [1.807, 2.05) is 42.5 Å². The van der Waals surface area contributed by atoms with Gasteiger partial charge in [-0.3, -0.25) is 9.69 Å². The Morgan fingerprint density at radius 2 is 1.86 bits per heavy atom. The number of unbranched alkanes of at least 4 members (excludes halogenated alkanes) is 1. The number of ether oxygens (including phenoxy) is 1. The second-order valence-corrected chi connectivity index (χ2v) is 8.13. The lowest BCUT2D eigenvalue weighted by Crippen LogP contribution is -2.27. The van der Waals surface area contributed by atoms with Gasteiger partial charge < -0.3 is 4.74 Å². The van der Waals surface area contributed by atoms with E-state index in [1.54, 1.807) is 11.0 Å². The Labute approximate surface area is 176 Å². The van der Waals surface area contributed by atoms with Crippen molar-refractivity contribution in [3.8, 4) is 5.75 Å². The highest BCUT2D eigenvalue weighted by atomic mass is 32.2. The van der Waals surface area contributed by atoms with E-state index in [1.165, 1.54) is 30.2 Å². The molecule has 0 saturated carbocycles. The minimum atomic E-state index is -0.0803. The Kier molecular flexibility index (Phi) is 7.06. The number of nitrogens with zero attached hydrogens (tertiary/aromatic N) is 1. The van der Waals surface area contributed by atoms with Crippen molar-refractivity contribution in [2.45, 2.75) is 26.2 Å². The maximum absolute atomic E-state index is 12.9. The molecule has 1 aliphatic rings. The lowest BCUT2D eigenvalue weighted by Gasteiger charge is -2.15. The molecule has 0 bridgehead atoms. The number of benzene rings is 2. The second kappa shape index (κ2) is 9.71. The molecule has 0 aliphatic carbocycles. The normalized spacial score (nSPS) is 15.3. The van der Waals surface area contributed by atoms with Crippen LogP contribution in [0.15, 0.2) is 66.1 Å². The molecule has 144 valence electrons. The first-order valence-corrected chi connectivity index (χ1v) is 10.6. The molecule has 0 radical (unpaired) electrons. The van der Waals surface area contributed by atoms with Crippen LogP contribution in [-0.2, 0) is 11.2 Å². The van der Waals surface area contributed by atoms with Crippen LogP contribution >= 0.6 is 24.0 Å². The number of aryl methyl sites for hydroxylation is 1. The van der Waals surface area contributed by atoms with Crippen molar-refractivity contribution < 1.29 is 9.53 Å². The molecule has 0 unspecified atom stereocenters. The predicted octanol–water partition coefficient (Wildman–Crippen LogP) is 6.00. The van der Waals surface area contributed by atoms with Crippen molar-refractivity contribution in [3.05, 3.63) is 77.2 Å². The van der Waals surface area contributed by atoms with E-state index in [2.05, 4.69) is 25.6 Å². The van der Waals surface area contributed by atoms with E-state index in [0.717, 1.165) is 23.4 Å². The van der Waals surface area contributed by atoms with Crippen LogP contribution in [0, 0.1) is 0 Å². The third-order valence-electron chi connectivity index (χ3n) is 4.35. The summed E-state index contributed by atoms with van der Waals surface area (Å²) in [6.07, 6.45) is 6.96. The summed E-state index contributed by atoms with van der Waals surface area (Å²) in [6, 6.07) is 15.7. The summed E-state index contributed by atoms with van der Waals surface area (Å²) in [6.45, 7) is 6.29. The molecule has 0 aromatic heterocycles. The number of carbonyl (C=O) groups excluding carboxylic acids is 1. The first kappa shape index (κ1) is 20.4. The van der Waals surface area contributed by atoms with E-state index in [4.69, 9.17) is 17.0 Å². The van der Waals surface area contributed by atoms with Gasteiger partial charge in [0.15, 0.2) is 4.32 Å². The molecule has 3 nitrogen and oxygen atoms in total. The highest BCUT2D eigenvalue weighted by Crippen LogP contribution is 2.36. The molecule has 2 aromatic carbocycles. The van der Waals surface area contributed by atoms with Crippen LogP contribution in [0.2, 0.25) is 0 Å². The number of thioether (sulfide) groups is 1. The van der Waals surface area contributed by atoms with Crippen LogP contribution in [0.25, 0.3) is 6.08 Å². The Hall–Kier alpha value is -2.37. The SMILES string of the molecule is C=CCOc1ccc(/C=C2\SC(=S)N(c3ccc(CCCC)cc3)C2=O)cc1. The molecule has 5 heteroatoms. The number of carbonyl (C=O) groups is 1. The van der Waals surface area contributed by atoms with Gasteiger partial charge in [0.05, 0.1) is 10.6 Å². The van der Waals surface area contributed by atoms with Gasteiger partial charge in [-0.1, -0.05) is 74.2 Å².